The summed E-state index contributed by atoms with van der Waals surface area (Å²) in [5.41, 5.74) is 5.27. The molecule has 0 spiro atoms. The minimum Gasteiger partial charge on any atom is -0.508 e. The molecule has 4 nitrogen and oxygen atoms in total. The van der Waals surface area contributed by atoms with Crippen LogP contribution in [0.2, 0.25) is 0 Å². The molecule has 2 saturated heterocycles. The highest BCUT2D eigenvalue weighted by molar-refractivity contribution is 5.66. The molecule has 0 aliphatic carbocycles. The molecule has 1 N–H and O–H groups in total. The van der Waals surface area contributed by atoms with E-state index < -0.39 is 0 Å². The number of phenolic OH excluding ortho intramolecular Hbond substituents is 1. The topological polar surface area (TPSA) is 39.6 Å². The molecular formula is C28H33N3O. The van der Waals surface area contributed by atoms with Crippen LogP contribution in [0.3, 0.4) is 0 Å². The Bertz CT molecular complexity index is 1070. The minimum absolute atomic E-state index is 0.0812. The van der Waals surface area contributed by atoms with Gasteiger partial charge in [-0.2, -0.15) is 0 Å². The lowest BCUT2D eigenvalue weighted by Crippen LogP contribution is -2.60. The van der Waals surface area contributed by atoms with Crippen LogP contribution >= 0.6 is 0 Å². The number of nitrogens with zero attached hydrogens (tertiary/aromatic N) is 3. The van der Waals surface area contributed by atoms with Crippen molar-refractivity contribution in [3.8, 4) is 16.9 Å². The number of benzene rings is 2. The maximum atomic E-state index is 10.1. The van der Waals surface area contributed by atoms with Crippen molar-refractivity contribution in [2.75, 3.05) is 26.2 Å². The molecule has 1 aromatic heterocycles. The molecule has 4 heteroatoms. The zero-order valence-corrected chi connectivity index (χ0v) is 19.1. The van der Waals surface area contributed by atoms with E-state index in [1.54, 1.807) is 6.07 Å². The Morgan fingerprint density at radius 1 is 1.00 bits per heavy atom. The van der Waals surface area contributed by atoms with Crippen molar-refractivity contribution in [2.45, 2.75) is 38.3 Å². The van der Waals surface area contributed by atoms with E-state index in [-0.39, 0.29) is 5.41 Å². The van der Waals surface area contributed by atoms with E-state index in [2.05, 4.69) is 71.1 Å². The van der Waals surface area contributed by atoms with Crippen molar-refractivity contribution in [3.63, 3.8) is 0 Å². The molecule has 2 unspecified atom stereocenters. The lowest BCUT2D eigenvalue weighted by Gasteiger charge is -2.53. The molecule has 2 aliphatic rings. The molecule has 0 radical (unpaired) electrons. The SMILES string of the molecule is CC1CN2CCN(Cc3ccccc3-c3ccncc3)CC2C[C@@]1(C)c1cccc(O)c1. The van der Waals surface area contributed by atoms with Gasteiger partial charge in [0.15, 0.2) is 0 Å². The highest BCUT2D eigenvalue weighted by atomic mass is 16.3. The van der Waals surface area contributed by atoms with Crippen LogP contribution < -0.4 is 0 Å². The van der Waals surface area contributed by atoms with Crippen LogP contribution in [-0.2, 0) is 12.0 Å². The van der Waals surface area contributed by atoms with Gasteiger partial charge in [0.2, 0.25) is 0 Å². The molecule has 3 heterocycles. The standard InChI is InChI=1S/C28H33N3O/c1-21-18-31-15-14-30(19-23-6-3-4-9-27(23)22-10-12-29-13-11-22)20-25(31)17-28(21,2)24-7-5-8-26(32)16-24/h3-13,16,21,25,32H,14-15,17-20H2,1-2H3/t21?,25?,28-/m1/s1. The van der Waals surface area contributed by atoms with Crippen LogP contribution in [0, 0.1) is 5.92 Å². The summed E-state index contributed by atoms with van der Waals surface area (Å²) in [7, 11) is 0. The first kappa shape index (κ1) is 21.2. The third-order valence-electron chi connectivity index (χ3n) is 7.85. The average molecular weight is 428 g/mol. The fourth-order valence-electron chi connectivity index (χ4n) is 5.75. The number of phenols is 1. The maximum absolute atomic E-state index is 10.1. The van der Waals surface area contributed by atoms with Crippen LogP contribution in [0.5, 0.6) is 5.75 Å². The fourth-order valence-corrected chi connectivity index (χ4v) is 5.75. The first-order valence-electron chi connectivity index (χ1n) is 11.8. The zero-order valence-electron chi connectivity index (χ0n) is 19.1. The van der Waals surface area contributed by atoms with Gasteiger partial charge in [0.1, 0.15) is 5.75 Å². The number of aromatic nitrogens is 1. The smallest absolute Gasteiger partial charge is 0.115 e. The predicted molar refractivity (Wildman–Crippen MR) is 130 cm³/mol. The summed E-state index contributed by atoms with van der Waals surface area (Å²) in [5.74, 6) is 0.927. The van der Waals surface area contributed by atoms with Crippen LogP contribution in [0.25, 0.3) is 11.1 Å². The Morgan fingerprint density at radius 2 is 1.81 bits per heavy atom. The van der Waals surface area contributed by atoms with Gasteiger partial charge in [0, 0.05) is 51.2 Å². The van der Waals surface area contributed by atoms with Crippen LogP contribution in [-0.4, -0.2) is 52.1 Å². The molecule has 2 aromatic carbocycles. The number of hydrogen-bond donors (Lipinski definition) is 1. The lowest BCUT2D eigenvalue weighted by atomic mass is 9.65. The summed E-state index contributed by atoms with van der Waals surface area (Å²) in [6.45, 7) is 10.2. The van der Waals surface area contributed by atoms with Gasteiger partial charge in [0.05, 0.1) is 0 Å². The number of pyridine rings is 1. The Morgan fingerprint density at radius 3 is 2.62 bits per heavy atom. The summed E-state index contributed by atoms with van der Waals surface area (Å²) in [4.78, 5) is 9.50. The van der Waals surface area contributed by atoms with Gasteiger partial charge in [0.25, 0.3) is 0 Å². The van der Waals surface area contributed by atoms with Gasteiger partial charge in [-0.25, -0.2) is 0 Å². The van der Waals surface area contributed by atoms with Crippen molar-refractivity contribution in [2.24, 2.45) is 5.92 Å². The number of fused-ring (bicyclic) bond motifs is 1. The molecule has 166 valence electrons. The number of hydrogen-bond acceptors (Lipinski definition) is 4. The van der Waals surface area contributed by atoms with Crippen molar-refractivity contribution in [1.82, 2.24) is 14.8 Å². The number of piperazine rings is 1. The summed E-state index contributed by atoms with van der Waals surface area (Å²) in [6, 6.07) is 21.4. The summed E-state index contributed by atoms with van der Waals surface area (Å²) < 4.78 is 0. The Hall–Kier alpha value is -2.69. The van der Waals surface area contributed by atoms with Crippen molar-refractivity contribution < 1.29 is 5.11 Å². The van der Waals surface area contributed by atoms with Gasteiger partial charge >= 0.3 is 0 Å². The Balaban J connectivity index is 1.35. The quantitative estimate of drug-likeness (QED) is 0.640. The van der Waals surface area contributed by atoms with Crippen molar-refractivity contribution in [1.29, 1.82) is 0 Å². The molecule has 3 aromatic rings. The molecular weight excluding hydrogens is 394 g/mol. The molecule has 3 atom stereocenters. The van der Waals surface area contributed by atoms with Gasteiger partial charge in [-0.05, 0) is 64.3 Å². The van der Waals surface area contributed by atoms with E-state index in [4.69, 9.17) is 0 Å². The van der Waals surface area contributed by atoms with Crippen LogP contribution in [0.4, 0.5) is 0 Å². The molecule has 0 amide bonds. The Labute approximate surface area is 191 Å². The average Bonchev–Trinajstić information content (AvgIpc) is 2.81. The molecule has 2 fully saturated rings. The predicted octanol–water partition coefficient (Wildman–Crippen LogP) is 4.94. The maximum Gasteiger partial charge on any atom is 0.115 e. The second-order valence-electron chi connectivity index (χ2n) is 9.85. The van der Waals surface area contributed by atoms with Crippen molar-refractivity contribution >= 4 is 0 Å². The van der Waals surface area contributed by atoms with E-state index >= 15 is 0 Å². The number of rotatable bonds is 4. The first-order valence-corrected chi connectivity index (χ1v) is 11.8. The van der Waals surface area contributed by atoms with Gasteiger partial charge in [-0.1, -0.05) is 50.2 Å². The Kier molecular flexibility index (Phi) is 5.75. The molecule has 32 heavy (non-hydrogen) atoms. The zero-order chi connectivity index (χ0) is 22.1. The van der Waals surface area contributed by atoms with Gasteiger partial charge in [-0.15, -0.1) is 0 Å². The lowest BCUT2D eigenvalue weighted by molar-refractivity contribution is -0.00553. The highest BCUT2D eigenvalue weighted by Crippen LogP contribution is 2.43. The second kappa shape index (κ2) is 8.68. The monoisotopic (exact) mass is 427 g/mol. The summed E-state index contributed by atoms with van der Waals surface area (Å²) in [6.07, 6.45) is 4.87. The van der Waals surface area contributed by atoms with Crippen LogP contribution in [0.15, 0.2) is 73.1 Å². The van der Waals surface area contributed by atoms with E-state index in [1.165, 1.54) is 22.3 Å². The molecule has 0 saturated carbocycles. The third kappa shape index (κ3) is 4.05. The first-order chi connectivity index (χ1) is 15.5. The van der Waals surface area contributed by atoms with E-state index in [1.807, 2.05) is 24.5 Å². The van der Waals surface area contributed by atoms with E-state index in [0.29, 0.717) is 17.7 Å². The second-order valence-corrected chi connectivity index (χ2v) is 9.85. The molecule has 2 aliphatic heterocycles. The van der Waals surface area contributed by atoms with Gasteiger partial charge < -0.3 is 5.11 Å². The van der Waals surface area contributed by atoms with E-state index in [0.717, 1.165) is 39.1 Å². The summed E-state index contributed by atoms with van der Waals surface area (Å²) >= 11 is 0. The van der Waals surface area contributed by atoms with Crippen LogP contribution in [0.1, 0.15) is 31.4 Å². The third-order valence-corrected chi connectivity index (χ3v) is 7.85. The largest absolute Gasteiger partial charge is 0.508 e. The minimum atomic E-state index is 0.0812. The fraction of sp³-hybridized carbons (Fsp3) is 0.393. The summed E-state index contributed by atoms with van der Waals surface area (Å²) in [5, 5.41) is 10.1. The molecule has 5 rings (SSSR count). The van der Waals surface area contributed by atoms with Crippen molar-refractivity contribution in [3.05, 3.63) is 84.2 Å². The number of aromatic hydroxyl groups is 1. The molecule has 0 bridgehead atoms. The normalized spacial score (nSPS) is 26.6. The van der Waals surface area contributed by atoms with E-state index in [9.17, 15) is 5.11 Å². The number of piperidine rings is 1. The highest BCUT2D eigenvalue weighted by Gasteiger charge is 2.44. The van der Waals surface area contributed by atoms with Gasteiger partial charge in [-0.3, -0.25) is 14.8 Å².